The van der Waals surface area contributed by atoms with E-state index in [-0.39, 0.29) is 6.10 Å². The maximum Gasteiger partial charge on any atom is 0.156 e. The monoisotopic (exact) mass is 242 g/mol. The third-order valence-corrected chi connectivity index (χ3v) is 4.66. The fraction of sp³-hybridized carbons (Fsp3) is 0.917. The molecule has 0 radical (unpaired) electrons. The lowest BCUT2D eigenvalue weighted by Gasteiger charge is -2.36. The molecular formula is C12H22N2OS. The van der Waals surface area contributed by atoms with Crippen molar-refractivity contribution in [1.82, 2.24) is 5.32 Å². The number of hydrogen-bond donors (Lipinski definition) is 1. The molecule has 16 heavy (non-hydrogen) atoms. The SMILES string of the molecule is COC(C)CN=C1NC2CCCCC2CS1. The minimum Gasteiger partial charge on any atom is -0.380 e. The van der Waals surface area contributed by atoms with E-state index in [1.165, 1.54) is 31.4 Å². The summed E-state index contributed by atoms with van der Waals surface area (Å²) in [4.78, 5) is 4.59. The van der Waals surface area contributed by atoms with E-state index in [4.69, 9.17) is 4.74 Å². The van der Waals surface area contributed by atoms with Gasteiger partial charge in [-0.1, -0.05) is 24.6 Å². The molecule has 2 aliphatic rings. The number of rotatable bonds is 3. The summed E-state index contributed by atoms with van der Waals surface area (Å²) in [5.41, 5.74) is 0. The second-order valence-electron chi connectivity index (χ2n) is 4.80. The molecule has 0 aromatic carbocycles. The molecule has 0 aromatic rings. The summed E-state index contributed by atoms with van der Waals surface area (Å²) in [6.07, 6.45) is 5.73. The molecule has 3 atom stereocenters. The van der Waals surface area contributed by atoms with E-state index in [9.17, 15) is 0 Å². The molecule has 1 N–H and O–H groups in total. The molecule has 0 bridgehead atoms. The van der Waals surface area contributed by atoms with Crippen molar-refractivity contribution in [2.75, 3.05) is 19.4 Å². The standard InChI is InChI=1S/C12H22N2OS/c1-9(15-2)7-13-12-14-11-6-4-3-5-10(11)8-16-12/h9-11H,3-8H2,1-2H3,(H,13,14). The smallest absolute Gasteiger partial charge is 0.156 e. The van der Waals surface area contributed by atoms with E-state index in [1.807, 2.05) is 11.8 Å². The van der Waals surface area contributed by atoms with Crippen LogP contribution in [0.4, 0.5) is 0 Å². The zero-order valence-electron chi connectivity index (χ0n) is 10.2. The van der Waals surface area contributed by atoms with Crippen molar-refractivity contribution >= 4 is 16.9 Å². The van der Waals surface area contributed by atoms with Crippen LogP contribution in [0, 0.1) is 5.92 Å². The topological polar surface area (TPSA) is 33.6 Å². The molecule has 1 heterocycles. The maximum absolute atomic E-state index is 5.20. The van der Waals surface area contributed by atoms with Gasteiger partial charge in [-0.2, -0.15) is 0 Å². The number of methoxy groups -OCH3 is 1. The summed E-state index contributed by atoms with van der Waals surface area (Å²) in [6, 6.07) is 0.687. The van der Waals surface area contributed by atoms with Gasteiger partial charge < -0.3 is 10.1 Å². The second-order valence-corrected chi connectivity index (χ2v) is 5.81. The summed E-state index contributed by atoms with van der Waals surface area (Å²) in [5.74, 6) is 2.12. The van der Waals surface area contributed by atoms with Gasteiger partial charge in [0.15, 0.2) is 5.17 Å². The van der Waals surface area contributed by atoms with Gasteiger partial charge in [-0.25, -0.2) is 0 Å². The van der Waals surface area contributed by atoms with Gasteiger partial charge in [0, 0.05) is 18.9 Å². The Morgan fingerprint density at radius 2 is 2.31 bits per heavy atom. The first-order chi connectivity index (χ1) is 7.79. The molecule has 1 saturated carbocycles. The Balaban J connectivity index is 1.84. The highest BCUT2D eigenvalue weighted by Crippen LogP contribution is 2.31. The Morgan fingerprint density at radius 1 is 1.50 bits per heavy atom. The van der Waals surface area contributed by atoms with Crippen molar-refractivity contribution in [2.24, 2.45) is 10.9 Å². The van der Waals surface area contributed by atoms with Gasteiger partial charge in [0.05, 0.1) is 12.6 Å². The lowest BCUT2D eigenvalue weighted by atomic mass is 9.86. The van der Waals surface area contributed by atoms with Crippen LogP contribution in [0.15, 0.2) is 4.99 Å². The molecule has 0 spiro atoms. The largest absolute Gasteiger partial charge is 0.380 e. The van der Waals surface area contributed by atoms with E-state index in [0.29, 0.717) is 6.04 Å². The van der Waals surface area contributed by atoms with Gasteiger partial charge in [0.2, 0.25) is 0 Å². The van der Waals surface area contributed by atoms with E-state index in [2.05, 4.69) is 17.2 Å². The number of amidine groups is 1. The Hall–Kier alpha value is -0.220. The van der Waals surface area contributed by atoms with Crippen molar-refractivity contribution < 1.29 is 4.74 Å². The van der Waals surface area contributed by atoms with Gasteiger partial charge in [-0.05, 0) is 25.7 Å². The molecule has 0 amide bonds. The molecular weight excluding hydrogens is 220 g/mol. The predicted octanol–water partition coefficient (Wildman–Crippen LogP) is 2.27. The van der Waals surface area contributed by atoms with Crippen LogP contribution in [-0.2, 0) is 4.74 Å². The minimum absolute atomic E-state index is 0.221. The van der Waals surface area contributed by atoms with Crippen molar-refractivity contribution in [2.45, 2.75) is 44.8 Å². The average molecular weight is 242 g/mol. The van der Waals surface area contributed by atoms with Crippen LogP contribution in [0.3, 0.4) is 0 Å². The zero-order chi connectivity index (χ0) is 11.4. The van der Waals surface area contributed by atoms with Gasteiger partial charge in [0.1, 0.15) is 0 Å². The van der Waals surface area contributed by atoms with Gasteiger partial charge in [-0.3, -0.25) is 4.99 Å². The molecule has 0 aromatic heterocycles. The highest BCUT2D eigenvalue weighted by molar-refractivity contribution is 8.13. The van der Waals surface area contributed by atoms with E-state index in [0.717, 1.165) is 17.6 Å². The first-order valence-corrected chi connectivity index (χ1v) is 7.24. The number of fused-ring (bicyclic) bond motifs is 1. The van der Waals surface area contributed by atoms with Crippen LogP contribution in [-0.4, -0.2) is 36.7 Å². The fourth-order valence-electron chi connectivity index (χ4n) is 2.36. The van der Waals surface area contributed by atoms with Crippen LogP contribution in [0.1, 0.15) is 32.6 Å². The molecule has 92 valence electrons. The van der Waals surface area contributed by atoms with Crippen molar-refractivity contribution in [3.63, 3.8) is 0 Å². The first kappa shape index (κ1) is 12.2. The summed E-state index contributed by atoms with van der Waals surface area (Å²) < 4.78 is 5.20. The highest BCUT2D eigenvalue weighted by Gasteiger charge is 2.30. The molecule has 1 aliphatic carbocycles. The number of hydrogen-bond acceptors (Lipinski definition) is 3. The highest BCUT2D eigenvalue weighted by atomic mass is 32.2. The number of aliphatic imine (C=N–C) groups is 1. The van der Waals surface area contributed by atoms with Gasteiger partial charge in [-0.15, -0.1) is 0 Å². The predicted molar refractivity (Wildman–Crippen MR) is 70.1 cm³/mol. The molecule has 3 nitrogen and oxygen atoms in total. The Bertz CT molecular complexity index is 257. The van der Waals surface area contributed by atoms with E-state index in [1.54, 1.807) is 7.11 Å². The zero-order valence-corrected chi connectivity index (χ0v) is 11.1. The lowest BCUT2D eigenvalue weighted by molar-refractivity contribution is 0.125. The van der Waals surface area contributed by atoms with E-state index < -0.39 is 0 Å². The quantitative estimate of drug-likeness (QED) is 0.824. The van der Waals surface area contributed by atoms with Crippen LogP contribution < -0.4 is 5.32 Å². The number of thioether (sulfide) groups is 1. The number of ether oxygens (including phenoxy) is 1. The molecule has 2 rings (SSSR count). The summed E-state index contributed by atoms with van der Waals surface area (Å²) in [5, 5.41) is 4.72. The number of nitrogens with zero attached hydrogens (tertiary/aromatic N) is 1. The number of nitrogens with one attached hydrogen (secondary N) is 1. The van der Waals surface area contributed by atoms with Crippen molar-refractivity contribution in [1.29, 1.82) is 0 Å². The Kier molecular flexibility index (Phi) is 4.53. The van der Waals surface area contributed by atoms with Crippen LogP contribution in [0.5, 0.6) is 0 Å². The normalized spacial score (nSPS) is 34.2. The third-order valence-electron chi connectivity index (χ3n) is 3.55. The van der Waals surface area contributed by atoms with Crippen LogP contribution in [0.25, 0.3) is 0 Å². The summed E-state index contributed by atoms with van der Waals surface area (Å²) >= 11 is 1.88. The summed E-state index contributed by atoms with van der Waals surface area (Å²) in [7, 11) is 1.74. The van der Waals surface area contributed by atoms with Crippen molar-refractivity contribution in [3.05, 3.63) is 0 Å². The van der Waals surface area contributed by atoms with Gasteiger partial charge in [0.25, 0.3) is 0 Å². The lowest BCUT2D eigenvalue weighted by Crippen LogP contribution is -2.46. The van der Waals surface area contributed by atoms with Crippen LogP contribution >= 0.6 is 11.8 Å². The van der Waals surface area contributed by atoms with Crippen molar-refractivity contribution in [3.8, 4) is 0 Å². The fourth-order valence-corrected chi connectivity index (χ4v) is 3.53. The maximum atomic E-state index is 5.20. The first-order valence-electron chi connectivity index (χ1n) is 6.26. The van der Waals surface area contributed by atoms with E-state index >= 15 is 0 Å². The summed E-state index contributed by atoms with van der Waals surface area (Å²) in [6.45, 7) is 2.82. The van der Waals surface area contributed by atoms with Gasteiger partial charge >= 0.3 is 0 Å². The minimum atomic E-state index is 0.221. The Labute approximate surface area is 102 Å². The molecule has 2 fully saturated rings. The molecule has 1 aliphatic heterocycles. The average Bonchev–Trinajstić information content (AvgIpc) is 2.35. The molecule has 1 saturated heterocycles. The molecule has 3 unspecified atom stereocenters. The second kappa shape index (κ2) is 5.92. The Morgan fingerprint density at radius 3 is 3.12 bits per heavy atom. The third kappa shape index (κ3) is 3.14. The molecule has 4 heteroatoms. The van der Waals surface area contributed by atoms with Crippen LogP contribution in [0.2, 0.25) is 0 Å².